The number of hydrogen-bond acceptors (Lipinski definition) is 1. The minimum absolute atomic E-state index is 0.595. The standard InChI is InChI=1S/C12H19N/c1-9(2)11-8-6-7-10(3)12(11)13(4)5/h6-9H,1-5H3. The predicted octanol–water partition coefficient (Wildman–Crippen LogP) is 3.18. The Morgan fingerprint density at radius 2 is 1.77 bits per heavy atom. The molecular formula is C12H19N. The van der Waals surface area contributed by atoms with Gasteiger partial charge in [-0.1, -0.05) is 32.0 Å². The Balaban J connectivity index is 3.26. The molecule has 1 heteroatoms. The van der Waals surface area contributed by atoms with Crippen LogP contribution in [-0.2, 0) is 0 Å². The van der Waals surface area contributed by atoms with E-state index in [2.05, 4.69) is 58.0 Å². The molecule has 0 aliphatic rings. The Kier molecular flexibility index (Phi) is 2.97. The summed E-state index contributed by atoms with van der Waals surface area (Å²) in [6, 6.07) is 6.52. The summed E-state index contributed by atoms with van der Waals surface area (Å²) < 4.78 is 0. The number of benzene rings is 1. The van der Waals surface area contributed by atoms with Gasteiger partial charge in [-0.05, 0) is 24.0 Å². The third-order valence-electron chi connectivity index (χ3n) is 2.34. The number of hydrogen-bond donors (Lipinski definition) is 0. The first-order chi connectivity index (χ1) is 6.04. The zero-order valence-corrected chi connectivity index (χ0v) is 9.26. The molecule has 0 aromatic heterocycles. The number of rotatable bonds is 2. The van der Waals surface area contributed by atoms with Crippen molar-refractivity contribution in [2.75, 3.05) is 19.0 Å². The minimum Gasteiger partial charge on any atom is -0.377 e. The van der Waals surface area contributed by atoms with Crippen LogP contribution in [0.5, 0.6) is 0 Å². The van der Waals surface area contributed by atoms with Gasteiger partial charge in [-0.3, -0.25) is 0 Å². The molecule has 0 atom stereocenters. The van der Waals surface area contributed by atoms with E-state index >= 15 is 0 Å². The average molecular weight is 177 g/mol. The van der Waals surface area contributed by atoms with Gasteiger partial charge < -0.3 is 4.90 Å². The fourth-order valence-corrected chi connectivity index (χ4v) is 1.76. The van der Waals surface area contributed by atoms with E-state index in [1.807, 2.05) is 0 Å². The van der Waals surface area contributed by atoms with Gasteiger partial charge in [0, 0.05) is 19.8 Å². The molecule has 0 bridgehead atoms. The van der Waals surface area contributed by atoms with Gasteiger partial charge in [0.1, 0.15) is 0 Å². The lowest BCUT2D eigenvalue weighted by Gasteiger charge is -2.22. The van der Waals surface area contributed by atoms with Gasteiger partial charge in [0.15, 0.2) is 0 Å². The van der Waals surface area contributed by atoms with Gasteiger partial charge in [-0.25, -0.2) is 0 Å². The molecule has 0 unspecified atom stereocenters. The van der Waals surface area contributed by atoms with Crippen LogP contribution in [-0.4, -0.2) is 14.1 Å². The van der Waals surface area contributed by atoms with Crippen molar-refractivity contribution in [1.82, 2.24) is 0 Å². The van der Waals surface area contributed by atoms with Crippen molar-refractivity contribution in [3.63, 3.8) is 0 Å². The normalized spacial score (nSPS) is 10.6. The summed E-state index contributed by atoms with van der Waals surface area (Å²) in [6.07, 6.45) is 0. The number of anilines is 1. The van der Waals surface area contributed by atoms with Crippen LogP contribution in [0.25, 0.3) is 0 Å². The van der Waals surface area contributed by atoms with Gasteiger partial charge in [0.2, 0.25) is 0 Å². The summed E-state index contributed by atoms with van der Waals surface area (Å²) in [4.78, 5) is 2.20. The van der Waals surface area contributed by atoms with Gasteiger partial charge >= 0.3 is 0 Å². The van der Waals surface area contributed by atoms with Crippen molar-refractivity contribution in [3.05, 3.63) is 29.3 Å². The SMILES string of the molecule is Cc1cccc(C(C)C)c1N(C)C. The van der Waals surface area contributed by atoms with E-state index in [0.29, 0.717) is 5.92 Å². The summed E-state index contributed by atoms with van der Waals surface area (Å²) in [7, 11) is 4.21. The van der Waals surface area contributed by atoms with Gasteiger partial charge in [0.05, 0.1) is 0 Å². The lowest BCUT2D eigenvalue weighted by Crippen LogP contribution is -2.13. The largest absolute Gasteiger partial charge is 0.377 e. The van der Waals surface area contributed by atoms with Crippen LogP contribution in [0.4, 0.5) is 5.69 Å². The van der Waals surface area contributed by atoms with Crippen LogP contribution in [0.15, 0.2) is 18.2 Å². The molecule has 1 nitrogen and oxygen atoms in total. The molecule has 0 aliphatic heterocycles. The molecule has 0 saturated heterocycles. The minimum atomic E-state index is 0.595. The van der Waals surface area contributed by atoms with Gasteiger partial charge in [-0.2, -0.15) is 0 Å². The molecule has 0 radical (unpaired) electrons. The van der Waals surface area contributed by atoms with Crippen LogP contribution < -0.4 is 4.90 Å². The first-order valence-corrected chi connectivity index (χ1v) is 4.81. The van der Waals surface area contributed by atoms with Crippen molar-refractivity contribution in [2.45, 2.75) is 26.7 Å². The van der Waals surface area contributed by atoms with Gasteiger partial charge in [0.25, 0.3) is 0 Å². The summed E-state index contributed by atoms with van der Waals surface area (Å²) in [6.45, 7) is 6.64. The molecular weight excluding hydrogens is 158 g/mol. The molecule has 0 fully saturated rings. The van der Waals surface area contributed by atoms with Crippen molar-refractivity contribution in [1.29, 1.82) is 0 Å². The highest BCUT2D eigenvalue weighted by molar-refractivity contribution is 5.59. The fraction of sp³-hybridized carbons (Fsp3) is 0.500. The molecule has 0 saturated carbocycles. The van der Waals surface area contributed by atoms with Crippen LogP contribution >= 0.6 is 0 Å². The van der Waals surface area contributed by atoms with Crippen molar-refractivity contribution < 1.29 is 0 Å². The summed E-state index contributed by atoms with van der Waals surface area (Å²) in [5.74, 6) is 0.595. The van der Waals surface area contributed by atoms with E-state index in [0.717, 1.165) is 0 Å². The summed E-state index contributed by atoms with van der Waals surface area (Å²) >= 11 is 0. The molecule has 0 heterocycles. The van der Waals surface area contributed by atoms with E-state index in [1.54, 1.807) is 0 Å². The maximum absolute atomic E-state index is 2.24. The van der Waals surface area contributed by atoms with E-state index in [9.17, 15) is 0 Å². The van der Waals surface area contributed by atoms with Crippen molar-refractivity contribution in [3.8, 4) is 0 Å². The van der Waals surface area contributed by atoms with Crippen molar-refractivity contribution >= 4 is 5.69 Å². The number of nitrogens with zero attached hydrogens (tertiary/aromatic N) is 1. The Hall–Kier alpha value is -0.980. The molecule has 72 valence electrons. The second-order valence-corrected chi connectivity index (χ2v) is 4.06. The summed E-state index contributed by atoms with van der Waals surface area (Å²) in [5, 5.41) is 0. The topological polar surface area (TPSA) is 3.24 Å². The Morgan fingerprint density at radius 1 is 1.15 bits per heavy atom. The quantitative estimate of drug-likeness (QED) is 0.670. The zero-order valence-electron chi connectivity index (χ0n) is 9.26. The lowest BCUT2D eigenvalue weighted by atomic mass is 9.98. The maximum Gasteiger partial charge on any atom is 0.0425 e. The molecule has 1 rings (SSSR count). The lowest BCUT2D eigenvalue weighted by molar-refractivity contribution is 0.856. The molecule has 0 N–H and O–H groups in total. The maximum atomic E-state index is 2.24. The van der Waals surface area contributed by atoms with Crippen LogP contribution in [0.1, 0.15) is 30.9 Å². The second kappa shape index (κ2) is 3.82. The molecule has 1 aromatic rings. The second-order valence-electron chi connectivity index (χ2n) is 4.06. The van der Waals surface area contributed by atoms with Crippen LogP contribution in [0.3, 0.4) is 0 Å². The molecule has 1 aromatic carbocycles. The summed E-state index contributed by atoms with van der Waals surface area (Å²) in [5.41, 5.74) is 4.17. The highest BCUT2D eigenvalue weighted by atomic mass is 15.1. The van der Waals surface area contributed by atoms with Crippen LogP contribution in [0.2, 0.25) is 0 Å². The Labute approximate surface area is 81.4 Å². The Morgan fingerprint density at radius 3 is 2.15 bits per heavy atom. The highest BCUT2D eigenvalue weighted by Crippen LogP contribution is 2.29. The zero-order chi connectivity index (χ0) is 10.0. The van der Waals surface area contributed by atoms with Crippen LogP contribution in [0, 0.1) is 6.92 Å². The number of aryl methyl sites for hydroxylation is 1. The molecule has 0 spiro atoms. The molecule has 0 amide bonds. The Bertz CT molecular complexity index is 287. The van der Waals surface area contributed by atoms with E-state index < -0.39 is 0 Å². The third kappa shape index (κ3) is 2.03. The van der Waals surface area contributed by atoms with E-state index in [4.69, 9.17) is 0 Å². The first-order valence-electron chi connectivity index (χ1n) is 4.81. The number of para-hydroxylation sites is 1. The van der Waals surface area contributed by atoms with E-state index in [1.165, 1.54) is 16.8 Å². The molecule has 13 heavy (non-hydrogen) atoms. The monoisotopic (exact) mass is 177 g/mol. The molecule has 0 aliphatic carbocycles. The highest BCUT2D eigenvalue weighted by Gasteiger charge is 2.09. The van der Waals surface area contributed by atoms with Crippen molar-refractivity contribution in [2.24, 2.45) is 0 Å². The smallest absolute Gasteiger partial charge is 0.0425 e. The third-order valence-corrected chi connectivity index (χ3v) is 2.34. The predicted molar refractivity (Wildman–Crippen MR) is 59.6 cm³/mol. The van der Waals surface area contributed by atoms with Gasteiger partial charge in [-0.15, -0.1) is 0 Å². The fourth-order valence-electron chi connectivity index (χ4n) is 1.76. The van der Waals surface area contributed by atoms with E-state index in [-0.39, 0.29) is 0 Å². The first kappa shape index (κ1) is 10.1. The average Bonchev–Trinajstić information content (AvgIpc) is 2.02.